The molecule has 0 bridgehead atoms. The van der Waals surface area contributed by atoms with Crippen LogP contribution in [0.15, 0.2) is 140 Å². The van der Waals surface area contributed by atoms with Gasteiger partial charge in [-0.25, -0.2) is 0 Å². The molecule has 1 aliphatic heterocycles. The van der Waals surface area contributed by atoms with Crippen molar-refractivity contribution in [1.82, 2.24) is 15.1 Å². The third kappa shape index (κ3) is 8.57. The van der Waals surface area contributed by atoms with Crippen LogP contribution in [-0.4, -0.2) is 41.4 Å². The lowest BCUT2D eigenvalue weighted by molar-refractivity contribution is 0.0543. The summed E-state index contributed by atoms with van der Waals surface area (Å²) in [5, 5.41) is 3.56. The van der Waals surface area contributed by atoms with Crippen LogP contribution in [0.5, 0.6) is 0 Å². The lowest BCUT2D eigenvalue weighted by Crippen LogP contribution is -2.46. The summed E-state index contributed by atoms with van der Waals surface area (Å²) < 4.78 is 0. The predicted molar refractivity (Wildman–Crippen MR) is 185 cm³/mol. The van der Waals surface area contributed by atoms with E-state index in [9.17, 15) is 4.79 Å². The van der Waals surface area contributed by atoms with Gasteiger partial charge < -0.3 is 10.2 Å². The Morgan fingerprint density at radius 3 is 1.76 bits per heavy atom. The summed E-state index contributed by atoms with van der Waals surface area (Å²) in [5.41, 5.74) is 8.31. The summed E-state index contributed by atoms with van der Waals surface area (Å²) in [6.45, 7) is 5.40. The number of piperidine rings is 1. The Labute approximate surface area is 268 Å². The molecular weight excluding hydrogens is 550 g/mol. The lowest BCUT2D eigenvalue weighted by atomic mass is 9.99. The van der Waals surface area contributed by atoms with Gasteiger partial charge in [0.05, 0.1) is 0 Å². The molecule has 4 heteroatoms. The molecule has 5 aromatic rings. The molecule has 6 rings (SSSR count). The standard InChI is InChI=1S/C41H43N3O/c45-41(39-14-8-3-9-15-39)44(40-25-28-43(29-26-40)31-35-12-6-2-7-13-35)32-36-18-22-38(23-19-36)37-20-16-34(17-21-37)30-42-27-24-33-10-4-1-5-11-33/h1-23,40,42H,24-32H2. The minimum Gasteiger partial charge on any atom is -0.331 e. The Morgan fingerprint density at radius 1 is 0.622 bits per heavy atom. The molecule has 1 saturated heterocycles. The molecule has 1 N–H and O–H groups in total. The molecule has 1 amide bonds. The smallest absolute Gasteiger partial charge is 0.254 e. The maximum Gasteiger partial charge on any atom is 0.254 e. The van der Waals surface area contributed by atoms with Crippen LogP contribution in [0.3, 0.4) is 0 Å². The number of nitrogens with one attached hydrogen (secondary N) is 1. The first-order valence-corrected chi connectivity index (χ1v) is 16.3. The quantitative estimate of drug-likeness (QED) is 0.149. The van der Waals surface area contributed by atoms with Gasteiger partial charge in [-0.1, -0.05) is 127 Å². The van der Waals surface area contributed by atoms with Crippen molar-refractivity contribution >= 4 is 5.91 Å². The Bertz CT molecular complexity index is 1600. The van der Waals surface area contributed by atoms with Crippen molar-refractivity contribution in [1.29, 1.82) is 0 Å². The van der Waals surface area contributed by atoms with Crippen LogP contribution in [0.2, 0.25) is 0 Å². The van der Waals surface area contributed by atoms with Gasteiger partial charge >= 0.3 is 0 Å². The van der Waals surface area contributed by atoms with Crippen LogP contribution in [0.1, 0.15) is 45.5 Å². The average molecular weight is 594 g/mol. The number of rotatable bonds is 12. The predicted octanol–water partition coefficient (Wildman–Crippen LogP) is 7.99. The molecule has 1 fully saturated rings. The fraction of sp³-hybridized carbons (Fsp3) is 0.244. The van der Waals surface area contributed by atoms with E-state index < -0.39 is 0 Å². The molecule has 0 saturated carbocycles. The summed E-state index contributed by atoms with van der Waals surface area (Å²) in [5.74, 6) is 0.120. The zero-order valence-electron chi connectivity index (χ0n) is 26.0. The summed E-state index contributed by atoms with van der Waals surface area (Å²) >= 11 is 0. The Hall–Kier alpha value is -4.51. The molecule has 0 radical (unpaired) electrons. The zero-order valence-corrected chi connectivity index (χ0v) is 26.0. The number of carbonyl (C=O) groups excluding carboxylic acids is 1. The summed E-state index contributed by atoms with van der Waals surface area (Å²) in [7, 11) is 0. The summed E-state index contributed by atoms with van der Waals surface area (Å²) in [6, 6.07) is 48.8. The van der Waals surface area contributed by atoms with Crippen molar-refractivity contribution in [3.05, 3.63) is 167 Å². The average Bonchev–Trinajstić information content (AvgIpc) is 3.11. The maximum atomic E-state index is 13.8. The van der Waals surface area contributed by atoms with Gasteiger partial charge in [-0.15, -0.1) is 0 Å². The molecule has 228 valence electrons. The van der Waals surface area contributed by atoms with E-state index >= 15 is 0 Å². The molecular formula is C41H43N3O. The molecule has 0 unspecified atom stereocenters. The number of benzene rings is 5. The topological polar surface area (TPSA) is 35.6 Å². The van der Waals surface area contributed by atoms with E-state index in [2.05, 4.69) is 124 Å². The minimum absolute atomic E-state index is 0.120. The lowest BCUT2D eigenvalue weighted by Gasteiger charge is -2.39. The molecule has 0 aliphatic carbocycles. The van der Waals surface area contributed by atoms with Gasteiger partial charge in [-0.2, -0.15) is 0 Å². The first-order chi connectivity index (χ1) is 22.2. The number of hydrogen-bond donors (Lipinski definition) is 1. The third-order valence-electron chi connectivity index (χ3n) is 8.89. The third-order valence-corrected chi connectivity index (χ3v) is 8.89. The highest BCUT2D eigenvalue weighted by Crippen LogP contribution is 2.25. The largest absolute Gasteiger partial charge is 0.331 e. The Balaban J connectivity index is 1.06. The van der Waals surface area contributed by atoms with Crippen LogP contribution in [-0.2, 0) is 26.1 Å². The van der Waals surface area contributed by atoms with E-state index in [1.165, 1.54) is 27.8 Å². The molecule has 5 aromatic carbocycles. The highest BCUT2D eigenvalue weighted by Gasteiger charge is 2.29. The van der Waals surface area contributed by atoms with E-state index in [1.54, 1.807) is 0 Å². The van der Waals surface area contributed by atoms with Crippen molar-refractivity contribution in [2.75, 3.05) is 19.6 Å². The van der Waals surface area contributed by atoms with E-state index in [4.69, 9.17) is 0 Å². The van der Waals surface area contributed by atoms with Crippen LogP contribution < -0.4 is 5.32 Å². The van der Waals surface area contributed by atoms with Crippen LogP contribution >= 0.6 is 0 Å². The molecule has 1 aliphatic rings. The number of likely N-dealkylation sites (tertiary alicyclic amines) is 1. The minimum atomic E-state index is 0.120. The van der Waals surface area contributed by atoms with E-state index in [1.807, 2.05) is 30.3 Å². The number of amides is 1. The van der Waals surface area contributed by atoms with Gasteiger partial charge in [-0.3, -0.25) is 9.69 Å². The number of nitrogens with zero attached hydrogens (tertiary/aromatic N) is 2. The normalized spacial score (nSPS) is 13.9. The van der Waals surface area contributed by atoms with Gasteiger partial charge in [0, 0.05) is 44.3 Å². The SMILES string of the molecule is O=C(c1ccccc1)N(Cc1ccc(-c2ccc(CNCCc3ccccc3)cc2)cc1)C1CCN(Cc2ccccc2)CC1. The second kappa shape index (κ2) is 15.5. The van der Waals surface area contributed by atoms with Gasteiger partial charge in [0.15, 0.2) is 0 Å². The molecule has 45 heavy (non-hydrogen) atoms. The maximum absolute atomic E-state index is 13.8. The Kier molecular flexibility index (Phi) is 10.5. The van der Waals surface area contributed by atoms with Crippen LogP contribution in [0.25, 0.3) is 11.1 Å². The second-order valence-corrected chi connectivity index (χ2v) is 12.1. The summed E-state index contributed by atoms with van der Waals surface area (Å²) in [4.78, 5) is 18.4. The Morgan fingerprint density at radius 2 is 1.16 bits per heavy atom. The fourth-order valence-electron chi connectivity index (χ4n) is 6.27. The van der Waals surface area contributed by atoms with Gasteiger partial charge in [0.25, 0.3) is 5.91 Å². The van der Waals surface area contributed by atoms with Gasteiger partial charge in [0.1, 0.15) is 0 Å². The molecule has 0 spiro atoms. The van der Waals surface area contributed by atoms with Crippen molar-refractivity contribution in [2.24, 2.45) is 0 Å². The van der Waals surface area contributed by atoms with Crippen molar-refractivity contribution in [3.8, 4) is 11.1 Å². The van der Waals surface area contributed by atoms with E-state index in [-0.39, 0.29) is 11.9 Å². The zero-order chi connectivity index (χ0) is 30.7. The van der Waals surface area contributed by atoms with Crippen molar-refractivity contribution in [2.45, 2.75) is 44.9 Å². The highest BCUT2D eigenvalue weighted by atomic mass is 16.2. The van der Waals surface area contributed by atoms with E-state index in [0.717, 1.165) is 63.1 Å². The van der Waals surface area contributed by atoms with Crippen molar-refractivity contribution in [3.63, 3.8) is 0 Å². The highest BCUT2D eigenvalue weighted by molar-refractivity contribution is 5.94. The van der Waals surface area contributed by atoms with Crippen LogP contribution in [0, 0.1) is 0 Å². The molecule has 0 atom stereocenters. The molecule has 0 aromatic heterocycles. The van der Waals surface area contributed by atoms with Gasteiger partial charge in [-0.05, 0) is 71.3 Å². The first-order valence-electron chi connectivity index (χ1n) is 16.3. The summed E-state index contributed by atoms with van der Waals surface area (Å²) in [6.07, 6.45) is 3.00. The number of hydrogen-bond acceptors (Lipinski definition) is 3. The fourth-order valence-corrected chi connectivity index (χ4v) is 6.27. The molecule has 1 heterocycles. The van der Waals surface area contributed by atoms with Crippen LogP contribution in [0.4, 0.5) is 0 Å². The van der Waals surface area contributed by atoms with Crippen molar-refractivity contribution < 1.29 is 4.79 Å². The first kappa shape index (κ1) is 30.5. The van der Waals surface area contributed by atoms with Gasteiger partial charge in [0.2, 0.25) is 0 Å². The van der Waals surface area contributed by atoms with E-state index in [0.29, 0.717) is 6.54 Å². The molecule has 4 nitrogen and oxygen atoms in total. The second-order valence-electron chi connectivity index (χ2n) is 12.1. The number of carbonyl (C=O) groups is 1. The monoisotopic (exact) mass is 593 g/mol.